The Bertz CT molecular complexity index is 1090. The van der Waals surface area contributed by atoms with Gasteiger partial charge in [0.25, 0.3) is 11.6 Å². The second-order valence-corrected chi connectivity index (χ2v) is 8.52. The van der Waals surface area contributed by atoms with Crippen LogP contribution in [0.5, 0.6) is 0 Å². The normalized spacial score (nSPS) is 14.7. The van der Waals surface area contributed by atoms with E-state index in [1.165, 1.54) is 22.4 Å². The van der Waals surface area contributed by atoms with E-state index in [0.717, 1.165) is 43.2 Å². The fourth-order valence-corrected chi connectivity index (χ4v) is 4.80. The quantitative estimate of drug-likeness (QED) is 0.449. The fraction of sp³-hybridized carbons (Fsp3) is 0.364. The maximum absolute atomic E-state index is 12.3. The molecule has 0 bridgehead atoms. The number of piperazine rings is 1. The summed E-state index contributed by atoms with van der Waals surface area (Å²) in [6, 6.07) is 12.5. The van der Waals surface area contributed by atoms with Crippen LogP contribution in [0.4, 0.5) is 10.8 Å². The molecule has 0 spiro atoms. The van der Waals surface area contributed by atoms with Gasteiger partial charge in [-0.15, -0.1) is 0 Å². The number of aromatic nitrogens is 1. The number of amides is 1. The molecule has 1 N–H and O–H groups in total. The Morgan fingerprint density at radius 2 is 1.97 bits per heavy atom. The second kappa shape index (κ2) is 9.40. The molecule has 3 aromatic rings. The van der Waals surface area contributed by atoms with Crippen LogP contribution in [0.1, 0.15) is 22.8 Å². The molecule has 1 aliphatic rings. The van der Waals surface area contributed by atoms with Gasteiger partial charge in [0.15, 0.2) is 5.13 Å². The summed E-state index contributed by atoms with van der Waals surface area (Å²) in [5.41, 5.74) is 2.31. The molecule has 2 heterocycles. The van der Waals surface area contributed by atoms with E-state index in [9.17, 15) is 14.9 Å². The van der Waals surface area contributed by atoms with Gasteiger partial charge >= 0.3 is 0 Å². The van der Waals surface area contributed by atoms with E-state index in [2.05, 4.69) is 40.2 Å². The lowest BCUT2D eigenvalue weighted by molar-refractivity contribution is -0.385. The van der Waals surface area contributed by atoms with E-state index < -0.39 is 10.8 Å². The van der Waals surface area contributed by atoms with Gasteiger partial charge in [-0.2, -0.15) is 0 Å². The Labute approximate surface area is 184 Å². The molecule has 1 saturated heterocycles. The standard InChI is InChI=1S/C22H25N5O3S/c1-2-16-7-8-18-20(15-16)31-22(24-18)26-13-11-25(12-14-26)10-9-23-21(28)17-5-3-4-6-19(17)27(29)30/h3-8,15H,2,9-14H2,1H3,(H,23,28). The van der Waals surface area contributed by atoms with E-state index >= 15 is 0 Å². The number of hydrogen-bond donors (Lipinski definition) is 1. The van der Waals surface area contributed by atoms with Crippen molar-refractivity contribution in [3.63, 3.8) is 0 Å². The van der Waals surface area contributed by atoms with Crippen molar-refractivity contribution in [3.8, 4) is 0 Å². The first-order valence-corrected chi connectivity index (χ1v) is 11.2. The molecule has 162 valence electrons. The van der Waals surface area contributed by atoms with E-state index in [1.54, 1.807) is 23.5 Å². The zero-order valence-electron chi connectivity index (χ0n) is 17.4. The maximum Gasteiger partial charge on any atom is 0.282 e. The molecule has 4 rings (SSSR count). The number of nitrogens with one attached hydrogen (secondary N) is 1. The summed E-state index contributed by atoms with van der Waals surface area (Å²) in [6.07, 6.45) is 1.02. The lowest BCUT2D eigenvalue weighted by Crippen LogP contribution is -2.48. The van der Waals surface area contributed by atoms with E-state index in [-0.39, 0.29) is 11.3 Å². The summed E-state index contributed by atoms with van der Waals surface area (Å²) in [5, 5.41) is 15.0. The Kier molecular flexibility index (Phi) is 6.43. The molecule has 1 fully saturated rings. The number of benzene rings is 2. The maximum atomic E-state index is 12.3. The fourth-order valence-electron chi connectivity index (χ4n) is 3.72. The molecule has 1 amide bonds. The van der Waals surface area contributed by atoms with Crippen LogP contribution in [-0.2, 0) is 6.42 Å². The Balaban J connectivity index is 1.27. The average molecular weight is 440 g/mol. The topological polar surface area (TPSA) is 91.6 Å². The molecule has 31 heavy (non-hydrogen) atoms. The molecule has 0 atom stereocenters. The van der Waals surface area contributed by atoms with Crippen molar-refractivity contribution in [1.82, 2.24) is 15.2 Å². The van der Waals surface area contributed by atoms with Crippen LogP contribution in [0, 0.1) is 10.1 Å². The SMILES string of the molecule is CCc1ccc2nc(N3CCN(CCNC(=O)c4ccccc4[N+](=O)[O-])CC3)sc2c1. The van der Waals surface area contributed by atoms with Crippen LogP contribution in [0.2, 0.25) is 0 Å². The molecule has 0 saturated carbocycles. The van der Waals surface area contributed by atoms with Crippen LogP contribution in [-0.4, -0.2) is 60.0 Å². The summed E-state index contributed by atoms with van der Waals surface area (Å²) in [6.45, 7) is 6.86. The summed E-state index contributed by atoms with van der Waals surface area (Å²) < 4.78 is 1.23. The predicted molar refractivity (Wildman–Crippen MR) is 123 cm³/mol. The lowest BCUT2D eigenvalue weighted by atomic mass is 10.1. The van der Waals surface area contributed by atoms with Crippen molar-refractivity contribution in [2.75, 3.05) is 44.2 Å². The number of hydrogen-bond acceptors (Lipinski definition) is 7. The smallest absolute Gasteiger partial charge is 0.282 e. The van der Waals surface area contributed by atoms with Gasteiger partial charge in [-0.25, -0.2) is 4.98 Å². The Morgan fingerprint density at radius 1 is 1.19 bits per heavy atom. The van der Waals surface area contributed by atoms with Crippen LogP contribution in [0.3, 0.4) is 0 Å². The predicted octanol–water partition coefficient (Wildman–Crippen LogP) is 3.32. The number of nitro benzene ring substituents is 1. The highest BCUT2D eigenvalue weighted by atomic mass is 32.1. The number of para-hydroxylation sites is 1. The molecule has 0 unspecified atom stereocenters. The van der Waals surface area contributed by atoms with Gasteiger partial charge in [-0.3, -0.25) is 19.8 Å². The minimum Gasteiger partial charge on any atom is -0.351 e. The van der Waals surface area contributed by atoms with Gasteiger partial charge in [0.2, 0.25) is 0 Å². The van der Waals surface area contributed by atoms with Crippen LogP contribution in [0.15, 0.2) is 42.5 Å². The monoisotopic (exact) mass is 439 g/mol. The largest absolute Gasteiger partial charge is 0.351 e. The summed E-state index contributed by atoms with van der Waals surface area (Å²) in [5.74, 6) is -0.410. The number of anilines is 1. The third-order valence-corrected chi connectivity index (χ3v) is 6.63. The first-order chi connectivity index (χ1) is 15.0. The zero-order chi connectivity index (χ0) is 21.8. The van der Waals surface area contributed by atoms with Crippen molar-refractivity contribution in [3.05, 3.63) is 63.7 Å². The van der Waals surface area contributed by atoms with Gasteiger partial charge in [-0.1, -0.05) is 36.5 Å². The number of rotatable bonds is 7. The first kappa shape index (κ1) is 21.2. The van der Waals surface area contributed by atoms with Gasteiger partial charge in [-0.05, 0) is 30.2 Å². The van der Waals surface area contributed by atoms with Crippen molar-refractivity contribution < 1.29 is 9.72 Å². The van der Waals surface area contributed by atoms with Crippen molar-refractivity contribution in [2.45, 2.75) is 13.3 Å². The summed E-state index contributed by atoms with van der Waals surface area (Å²) >= 11 is 1.74. The minimum atomic E-state index is -0.529. The van der Waals surface area contributed by atoms with Crippen molar-refractivity contribution >= 4 is 38.3 Å². The van der Waals surface area contributed by atoms with Gasteiger partial charge in [0, 0.05) is 45.3 Å². The van der Waals surface area contributed by atoms with Gasteiger partial charge in [0.05, 0.1) is 15.1 Å². The third-order valence-electron chi connectivity index (χ3n) is 5.55. The Hall–Kier alpha value is -3.04. The van der Waals surface area contributed by atoms with Crippen LogP contribution >= 0.6 is 11.3 Å². The van der Waals surface area contributed by atoms with E-state index in [4.69, 9.17) is 4.98 Å². The number of aryl methyl sites for hydroxylation is 1. The molecule has 1 aliphatic heterocycles. The molecule has 0 aliphatic carbocycles. The molecular formula is C22H25N5O3S. The molecular weight excluding hydrogens is 414 g/mol. The highest BCUT2D eigenvalue weighted by Gasteiger charge is 2.21. The van der Waals surface area contributed by atoms with Crippen LogP contribution in [0.25, 0.3) is 10.2 Å². The third kappa shape index (κ3) is 4.83. The number of nitro groups is 1. The molecule has 8 nitrogen and oxygen atoms in total. The average Bonchev–Trinajstić information content (AvgIpc) is 3.22. The number of carbonyl (C=O) groups excluding carboxylic acids is 1. The lowest BCUT2D eigenvalue weighted by Gasteiger charge is -2.34. The van der Waals surface area contributed by atoms with E-state index in [0.29, 0.717) is 13.1 Å². The van der Waals surface area contributed by atoms with Crippen molar-refractivity contribution in [2.24, 2.45) is 0 Å². The summed E-state index contributed by atoms with van der Waals surface area (Å²) in [7, 11) is 0. The van der Waals surface area contributed by atoms with Gasteiger partial charge in [0.1, 0.15) is 5.56 Å². The minimum absolute atomic E-state index is 0.0967. The zero-order valence-corrected chi connectivity index (χ0v) is 18.2. The molecule has 0 radical (unpaired) electrons. The summed E-state index contributed by atoms with van der Waals surface area (Å²) in [4.78, 5) is 32.3. The number of thiazole rings is 1. The van der Waals surface area contributed by atoms with Crippen LogP contribution < -0.4 is 10.2 Å². The first-order valence-electron chi connectivity index (χ1n) is 10.4. The Morgan fingerprint density at radius 3 is 2.71 bits per heavy atom. The number of carbonyl (C=O) groups is 1. The molecule has 2 aromatic carbocycles. The number of nitrogens with zero attached hydrogens (tertiary/aromatic N) is 4. The van der Waals surface area contributed by atoms with Gasteiger partial charge < -0.3 is 10.2 Å². The molecule has 1 aromatic heterocycles. The highest BCUT2D eigenvalue weighted by molar-refractivity contribution is 7.22. The van der Waals surface area contributed by atoms with Crippen molar-refractivity contribution in [1.29, 1.82) is 0 Å². The highest BCUT2D eigenvalue weighted by Crippen LogP contribution is 2.30. The number of fused-ring (bicyclic) bond motifs is 1. The van der Waals surface area contributed by atoms with E-state index in [1.807, 2.05) is 0 Å². The second-order valence-electron chi connectivity index (χ2n) is 7.51. The molecule has 9 heteroatoms.